The Morgan fingerprint density at radius 3 is 1.41 bits per heavy atom. The van der Waals surface area contributed by atoms with Crippen molar-refractivity contribution in [3.05, 3.63) is 97.6 Å². The fourth-order valence-corrected chi connectivity index (χ4v) is 8.16. The zero-order valence-corrected chi connectivity index (χ0v) is 24.1. The number of hydrogen-bond donors (Lipinski definition) is 2. The molecule has 8 heteroatoms. The molecule has 0 radical (unpaired) electrons. The minimum atomic E-state index is -0.771. The number of pyridine rings is 4. The minimum Gasteiger partial charge on any atom is -0.481 e. The van der Waals surface area contributed by atoms with Gasteiger partial charge < -0.3 is 10.2 Å². The van der Waals surface area contributed by atoms with E-state index in [-0.39, 0.29) is 0 Å². The summed E-state index contributed by atoms with van der Waals surface area (Å²) in [6, 6.07) is 24.2. The average Bonchev–Trinajstić information content (AvgIpc) is 3.04. The molecule has 4 aliphatic rings. The lowest BCUT2D eigenvalue weighted by Crippen LogP contribution is -2.57. The van der Waals surface area contributed by atoms with Crippen molar-refractivity contribution in [3.63, 3.8) is 0 Å². The van der Waals surface area contributed by atoms with Crippen LogP contribution in [0.1, 0.15) is 38.5 Å². The molecule has 2 N–H and O–H groups in total. The second-order valence-corrected chi connectivity index (χ2v) is 12.6. The molecule has 4 fully saturated rings. The zero-order valence-electron chi connectivity index (χ0n) is 24.1. The van der Waals surface area contributed by atoms with Gasteiger partial charge in [-0.05, 0) is 98.9 Å². The Balaban J connectivity index is 0.000000107. The predicted octanol–water partition coefficient (Wildman–Crippen LogP) is 7.31. The van der Waals surface area contributed by atoms with Gasteiger partial charge in [0.2, 0.25) is 0 Å². The largest absolute Gasteiger partial charge is 0.481 e. The summed E-state index contributed by atoms with van der Waals surface area (Å²) >= 11 is 0. The van der Waals surface area contributed by atoms with Crippen LogP contribution in [0.15, 0.2) is 97.6 Å². The van der Waals surface area contributed by atoms with E-state index in [4.69, 9.17) is 0 Å². The Morgan fingerprint density at radius 2 is 0.977 bits per heavy atom. The fraction of sp³-hybridized carbons (Fsp3) is 0.278. The van der Waals surface area contributed by atoms with Crippen molar-refractivity contribution in [1.82, 2.24) is 19.9 Å². The van der Waals surface area contributed by atoms with Gasteiger partial charge in [0.05, 0.1) is 32.9 Å². The lowest BCUT2D eigenvalue weighted by atomic mass is 9.44. The van der Waals surface area contributed by atoms with Crippen LogP contribution in [0.25, 0.3) is 43.6 Å². The molecule has 0 aliphatic heterocycles. The number of carboxylic acid groups (broad SMARTS) is 2. The van der Waals surface area contributed by atoms with E-state index in [2.05, 4.69) is 56.3 Å². The van der Waals surface area contributed by atoms with Gasteiger partial charge in [-0.3, -0.25) is 29.5 Å². The van der Waals surface area contributed by atoms with Crippen molar-refractivity contribution < 1.29 is 19.8 Å². The number of nitrogens with zero attached hydrogens (tertiary/aromatic N) is 4. The third kappa shape index (κ3) is 4.90. The van der Waals surface area contributed by atoms with Crippen molar-refractivity contribution in [3.8, 4) is 0 Å². The van der Waals surface area contributed by atoms with E-state index in [9.17, 15) is 19.8 Å². The highest BCUT2D eigenvalue weighted by Crippen LogP contribution is 2.65. The Morgan fingerprint density at radius 1 is 0.568 bits per heavy atom. The summed E-state index contributed by atoms with van der Waals surface area (Å²) in [6.07, 6.45) is 11.4. The minimum absolute atomic E-state index is 0.327. The molecule has 6 aromatic rings. The molecule has 8 nitrogen and oxygen atoms in total. The van der Waals surface area contributed by atoms with Crippen LogP contribution in [0, 0.1) is 22.7 Å². The number of benzene rings is 2. The SMILES string of the molecule is O=C(O)C12CC3CC(C1)CC(C(=O)O)(C3)C2.c1cnc2c(c1)ccc1ncccc12.c1cnc2c(c1)ccc1ncccc12. The smallest absolute Gasteiger partial charge is 0.309 e. The summed E-state index contributed by atoms with van der Waals surface area (Å²) in [5.41, 5.74) is 2.61. The summed E-state index contributed by atoms with van der Waals surface area (Å²) in [6.45, 7) is 0. The summed E-state index contributed by atoms with van der Waals surface area (Å²) in [5.74, 6) is -0.888. The predicted molar refractivity (Wildman–Crippen MR) is 169 cm³/mol. The molecule has 4 saturated carbocycles. The Hall–Kier alpha value is -4.98. The number of fused-ring (bicyclic) bond motifs is 6. The lowest BCUT2D eigenvalue weighted by Gasteiger charge is -2.58. The molecule has 220 valence electrons. The van der Waals surface area contributed by atoms with Crippen LogP contribution in [0.3, 0.4) is 0 Å². The summed E-state index contributed by atoms with van der Waals surface area (Å²) < 4.78 is 0. The van der Waals surface area contributed by atoms with Crippen molar-refractivity contribution in [2.45, 2.75) is 38.5 Å². The molecule has 0 amide bonds. The molecular weight excluding hydrogens is 552 g/mol. The third-order valence-electron chi connectivity index (χ3n) is 9.68. The topological polar surface area (TPSA) is 126 Å². The average molecular weight is 585 g/mol. The molecule has 44 heavy (non-hydrogen) atoms. The molecule has 0 unspecified atom stereocenters. The molecule has 0 spiro atoms. The molecule has 10 rings (SSSR count). The Kier molecular flexibility index (Phi) is 6.92. The summed E-state index contributed by atoms with van der Waals surface area (Å²) in [4.78, 5) is 40.2. The molecule has 4 aromatic heterocycles. The van der Waals surface area contributed by atoms with Crippen LogP contribution in [0.4, 0.5) is 0 Å². The second kappa shape index (κ2) is 10.9. The molecule has 4 heterocycles. The zero-order chi connectivity index (χ0) is 30.3. The van der Waals surface area contributed by atoms with Crippen LogP contribution in [-0.4, -0.2) is 42.1 Å². The van der Waals surface area contributed by atoms with Gasteiger partial charge >= 0.3 is 11.9 Å². The van der Waals surface area contributed by atoms with E-state index < -0.39 is 22.8 Å². The van der Waals surface area contributed by atoms with E-state index in [0.29, 0.717) is 43.9 Å². The van der Waals surface area contributed by atoms with Crippen molar-refractivity contribution in [2.24, 2.45) is 22.7 Å². The summed E-state index contributed by atoms with van der Waals surface area (Å²) in [5, 5.41) is 23.3. The van der Waals surface area contributed by atoms with Gasteiger partial charge in [0.1, 0.15) is 0 Å². The highest BCUT2D eigenvalue weighted by molar-refractivity contribution is 6.04. The van der Waals surface area contributed by atoms with Gasteiger partial charge in [0, 0.05) is 46.3 Å². The molecule has 2 aromatic carbocycles. The standard InChI is InChI=1S/2C12H8N2.C12H16O4/c2*1-3-9-5-6-11-10(4-2-7-13-11)12(9)14-8-1;13-9(14)11-2-7-1-8(4-11)5-12(3-7,6-11)10(15)16/h2*1-8H;7-8H,1-6H2,(H,13,14)(H,15,16). The van der Waals surface area contributed by atoms with Crippen LogP contribution in [0.2, 0.25) is 0 Å². The number of hydrogen-bond acceptors (Lipinski definition) is 6. The third-order valence-corrected chi connectivity index (χ3v) is 9.68. The maximum atomic E-state index is 11.4. The molecule has 4 aliphatic carbocycles. The number of carboxylic acids is 2. The van der Waals surface area contributed by atoms with E-state index in [1.165, 1.54) is 0 Å². The monoisotopic (exact) mass is 584 g/mol. The van der Waals surface area contributed by atoms with E-state index in [0.717, 1.165) is 50.0 Å². The van der Waals surface area contributed by atoms with Crippen molar-refractivity contribution in [2.75, 3.05) is 0 Å². The van der Waals surface area contributed by atoms with Crippen molar-refractivity contribution >= 4 is 55.6 Å². The number of rotatable bonds is 2. The van der Waals surface area contributed by atoms with E-state index >= 15 is 0 Å². The number of aromatic nitrogens is 4. The van der Waals surface area contributed by atoms with Gasteiger partial charge in [-0.15, -0.1) is 0 Å². The van der Waals surface area contributed by atoms with Gasteiger partial charge in [-0.1, -0.05) is 24.3 Å². The van der Waals surface area contributed by atoms with Crippen LogP contribution in [-0.2, 0) is 9.59 Å². The number of carbonyl (C=O) groups is 2. The van der Waals surface area contributed by atoms with E-state index in [1.54, 1.807) is 12.4 Å². The normalized spacial score (nSPS) is 24.8. The van der Waals surface area contributed by atoms with E-state index in [1.807, 2.05) is 48.8 Å². The first kappa shape index (κ1) is 27.8. The first-order valence-corrected chi connectivity index (χ1v) is 15.0. The molecule has 4 bridgehead atoms. The second-order valence-electron chi connectivity index (χ2n) is 12.6. The fourth-order valence-electron chi connectivity index (χ4n) is 8.16. The number of aliphatic carboxylic acids is 2. The Bertz CT molecular complexity index is 1780. The highest BCUT2D eigenvalue weighted by Gasteiger charge is 2.63. The van der Waals surface area contributed by atoms with Crippen LogP contribution < -0.4 is 0 Å². The first-order valence-electron chi connectivity index (χ1n) is 15.0. The Labute approximate surface area is 253 Å². The van der Waals surface area contributed by atoms with Crippen LogP contribution in [0.5, 0.6) is 0 Å². The molecular formula is C36H32N4O4. The van der Waals surface area contributed by atoms with Gasteiger partial charge in [-0.25, -0.2) is 0 Å². The first-order chi connectivity index (χ1) is 21.4. The maximum absolute atomic E-state index is 11.4. The van der Waals surface area contributed by atoms with Gasteiger partial charge in [0.25, 0.3) is 0 Å². The maximum Gasteiger partial charge on any atom is 0.309 e. The highest BCUT2D eigenvalue weighted by atomic mass is 16.4. The van der Waals surface area contributed by atoms with Crippen molar-refractivity contribution in [1.29, 1.82) is 0 Å². The summed E-state index contributed by atoms with van der Waals surface area (Å²) in [7, 11) is 0. The quantitative estimate of drug-likeness (QED) is 0.203. The lowest BCUT2D eigenvalue weighted by molar-refractivity contribution is -0.187. The van der Waals surface area contributed by atoms with Gasteiger partial charge in [-0.2, -0.15) is 0 Å². The molecule has 0 atom stereocenters. The van der Waals surface area contributed by atoms with Crippen LogP contribution >= 0.6 is 0 Å². The van der Waals surface area contributed by atoms with Gasteiger partial charge in [0.15, 0.2) is 0 Å². The molecule has 0 saturated heterocycles.